The number of anilines is 2. The Kier molecular flexibility index (Phi) is 3.86. The summed E-state index contributed by atoms with van der Waals surface area (Å²) in [6.07, 6.45) is 0.847. The predicted molar refractivity (Wildman–Crippen MR) is 82.7 cm³/mol. The van der Waals surface area contributed by atoms with Gasteiger partial charge >= 0.3 is 0 Å². The number of carbonyl (C=O) groups is 1. The van der Waals surface area contributed by atoms with Crippen molar-refractivity contribution in [2.24, 2.45) is 0 Å². The van der Waals surface area contributed by atoms with Crippen LogP contribution in [-0.4, -0.2) is 32.5 Å². The second-order valence-corrected chi connectivity index (χ2v) is 5.13. The minimum Gasteiger partial charge on any atom is -0.368 e. The van der Waals surface area contributed by atoms with Gasteiger partial charge in [0.05, 0.1) is 5.69 Å². The molecule has 1 fully saturated rings. The van der Waals surface area contributed by atoms with Gasteiger partial charge in [0.25, 0.3) is 0 Å². The summed E-state index contributed by atoms with van der Waals surface area (Å²) in [6.45, 7) is 3.26. The molecule has 0 saturated carbocycles. The third-order valence-electron chi connectivity index (χ3n) is 3.87. The lowest BCUT2D eigenvalue weighted by molar-refractivity contribution is 0.112. The Morgan fingerprint density at radius 3 is 2.10 bits per heavy atom. The summed E-state index contributed by atoms with van der Waals surface area (Å²) in [6, 6.07) is 14.5. The van der Waals surface area contributed by atoms with Gasteiger partial charge in [0.1, 0.15) is 12.1 Å². The van der Waals surface area contributed by atoms with Crippen molar-refractivity contribution < 1.29 is 9.18 Å². The molecule has 1 aliphatic rings. The van der Waals surface area contributed by atoms with Crippen LogP contribution in [-0.2, 0) is 0 Å². The van der Waals surface area contributed by atoms with Crippen molar-refractivity contribution in [3.63, 3.8) is 0 Å². The Hall–Kier alpha value is -2.36. The summed E-state index contributed by atoms with van der Waals surface area (Å²) in [5.41, 5.74) is 2.46. The molecule has 1 aliphatic heterocycles. The van der Waals surface area contributed by atoms with Gasteiger partial charge in [0.15, 0.2) is 0 Å². The maximum absolute atomic E-state index is 13.8. The van der Waals surface area contributed by atoms with E-state index in [4.69, 9.17) is 0 Å². The Morgan fingerprint density at radius 1 is 0.857 bits per heavy atom. The average Bonchev–Trinajstić information content (AvgIpc) is 2.56. The second kappa shape index (κ2) is 5.95. The fourth-order valence-corrected chi connectivity index (χ4v) is 2.68. The average molecular weight is 284 g/mol. The van der Waals surface area contributed by atoms with E-state index in [9.17, 15) is 9.18 Å². The lowest BCUT2D eigenvalue weighted by Gasteiger charge is -2.37. The van der Waals surface area contributed by atoms with Gasteiger partial charge in [-0.25, -0.2) is 4.39 Å². The molecule has 0 aliphatic carbocycles. The molecule has 21 heavy (non-hydrogen) atoms. The highest BCUT2D eigenvalue weighted by atomic mass is 19.1. The second-order valence-electron chi connectivity index (χ2n) is 5.13. The molecule has 0 spiro atoms. The predicted octanol–water partition coefficient (Wildman–Crippen LogP) is 2.96. The van der Waals surface area contributed by atoms with Crippen molar-refractivity contribution in [2.45, 2.75) is 0 Å². The summed E-state index contributed by atoms with van der Waals surface area (Å²) < 4.78 is 13.8. The number of carbonyl (C=O) groups excluding carboxylic acids is 1. The third-order valence-corrected chi connectivity index (χ3v) is 3.87. The van der Waals surface area contributed by atoms with Crippen molar-refractivity contribution in [3.05, 3.63) is 59.9 Å². The van der Waals surface area contributed by atoms with Crippen LogP contribution in [0.3, 0.4) is 0 Å². The number of nitrogens with zero attached hydrogens (tertiary/aromatic N) is 2. The first-order chi connectivity index (χ1) is 10.3. The first-order valence-electron chi connectivity index (χ1n) is 7.07. The van der Waals surface area contributed by atoms with Crippen molar-refractivity contribution in [2.75, 3.05) is 36.0 Å². The lowest BCUT2D eigenvalue weighted by Crippen LogP contribution is -2.46. The number of para-hydroxylation sites is 1. The van der Waals surface area contributed by atoms with E-state index in [-0.39, 0.29) is 5.82 Å². The maximum Gasteiger partial charge on any atom is 0.150 e. The zero-order valence-electron chi connectivity index (χ0n) is 11.7. The molecule has 4 heteroatoms. The fourth-order valence-electron chi connectivity index (χ4n) is 2.68. The van der Waals surface area contributed by atoms with Gasteiger partial charge in [-0.15, -0.1) is 0 Å². The smallest absolute Gasteiger partial charge is 0.150 e. The minimum atomic E-state index is -0.165. The van der Waals surface area contributed by atoms with E-state index >= 15 is 0 Å². The van der Waals surface area contributed by atoms with E-state index in [0.717, 1.165) is 38.2 Å². The number of hydrogen-bond donors (Lipinski definition) is 0. The van der Waals surface area contributed by atoms with E-state index in [1.165, 1.54) is 6.07 Å². The number of piperazine rings is 1. The molecule has 1 heterocycles. The van der Waals surface area contributed by atoms with Crippen molar-refractivity contribution in [1.82, 2.24) is 0 Å². The van der Waals surface area contributed by atoms with E-state index < -0.39 is 0 Å². The number of halogens is 1. The quantitative estimate of drug-likeness (QED) is 0.810. The molecule has 0 N–H and O–H groups in total. The highest BCUT2D eigenvalue weighted by Crippen LogP contribution is 2.22. The molecular weight excluding hydrogens is 267 g/mol. The molecule has 0 bridgehead atoms. The van der Waals surface area contributed by atoms with Crippen molar-refractivity contribution in [3.8, 4) is 0 Å². The van der Waals surface area contributed by atoms with Crippen LogP contribution in [0, 0.1) is 5.82 Å². The van der Waals surface area contributed by atoms with E-state index in [2.05, 4.69) is 9.80 Å². The normalized spacial score (nSPS) is 15.1. The number of aldehydes is 1. The molecule has 3 rings (SSSR count). The minimum absolute atomic E-state index is 0.165. The van der Waals surface area contributed by atoms with Crippen LogP contribution < -0.4 is 9.80 Å². The molecule has 2 aromatic rings. The van der Waals surface area contributed by atoms with Crippen LogP contribution in [0.15, 0.2) is 48.5 Å². The molecule has 1 saturated heterocycles. The van der Waals surface area contributed by atoms with Crippen LogP contribution >= 0.6 is 0 Å². The first-order valence-corrected chi connectivity index (χ1v) is 7.07. The third kappa shape index (κ3) is 2.89. The van der Waals surface area contributed by atoms with Crippen molar-refractivity contribution in [1.29, 1.82) is 0 Å². The molecular formula is C17H17FN2O. The first kappa shape index (κ1) is 13.6. The van der Waals surface area contributed by atoms with Gasteiger partial charge in [0.2, 0.25) is 0 Å². The van der Waals surface area contributed by atoms with Crippen LogP contribution in [0.1, 0.15) is 10.4 Å². The highest BCUT2D eigenvalue weighted by molar-refractivity contribution is 5.75. The van der Waals surface area contributed by atoms with Gasteiger partial charge in [-0.2, -0.15) is 0 Å². The van der Waals surface area contributed by atoms with Crippen LogP contribution in [0.2, 0.25) is 0 Å². The summed E-state index contributed by atoms with van der Waals surface area (Å²) >= 11 is 0. The number of rotatable bonds is 3. The van der Waals surface area contributed by atoms with Crippen LogP contribution in [0.25, 0.3) is 0 Å². The van der Waals surface area contributed by atoms with Gasteiger partial charge in [-0.05, 0) is 36.4 Å². The zero-order chi connectivity index (χ0) is 14.7. The Balaban J connectivity index is 1.67. The SMILES string of the molecule is O=Cc1ccc(N2CCN(c3ccccc3F)CC2)cc1. The van der Waals surface area contributed by atoms with E-state index in [0.29, 0.717) is 11.3 Å². The largest absolute Gasteiger partial charge is 0.368 e. The number of benzene rings is 2. The topological polar surface area (TPSA) is 23.6 Å². The summed E-state index contributed by atoms with van der Waals surface area (Å²) in [4.78, 5) is 15.0. The molecule has 0 aromatic heterocycles. The van der Waals surface area contributed by atoms with Crippen LogP contribution in [0.5, 0.6) is 0 Å². The van der Waals surface area contributed by atoms with Gasteiger partial charge in [0, 0.05) is 37.4 Å². The monoisotopic (exact) mass is 284 g/mol. The van der Waals surface area contributed by atoms with Crippen molar-refractivity contribution >= 4 is 17.7 Å². The molecule has 2 aromatic carbocycles. The van der Waals surface area contributed by atoms with E-state index in [1.54, 1.807) is 6.07 Å². The van der Waals surface area contributed by atoms with Gasteiger partial charge in [-0.3, -0.25) is 4.79 Å². The number of hydrogen-bond acceptors (Lipinski definition) is 3. The molecule has 108 valence electrons. The summed E-state index contributed by atoms with van der Waals surface area (Å²) in [5, 5.41) is 0. The van der Waals surface area contributed by atoms with E-state index in [1.807, 2.05) is 36.4 Å². The Morgan fingerprint density at radius 2 is 1.48 bits per heavy atom. The Bertz CT molecular complexity index is 619. The van der Waals surface area contributed by atoms with Gasteiger partial charge in [-0.1, -0.05) is 12.1 Å². The summed E-state index contributed by atoms with van der Waals surface area (Å²) in [5.74, 6) is -0.165. The summed E-state index contributed by atoms with van der Waals surface area (Å²) in [7, 11) is 0. The molecule has 0 radical (unpaired) electrons. The maximum atomic E-state index is 13.8. The lowest BCUT2D eigenvalue weighted by atomic mass is 10.2. The fraction of sp³-hybridized carbons (Fsp3) is 0.235. The molecule has 0 atom stereocenters. The molecule has 0 amide bonds. The Labute approximate surface area is 123 Å². The zero-order valence-corrected chi connectivity index (χ0v) is 11.7. The molecule has 3 nitrogen and oxygen atoms in total. The van der Waals surface area contributed by atoms with Crippen LogP contribution in [0.4, 0.5) is 15.8 Å². The van der Waals surface area contributed by atoms with Gasteiger partial charge < -0.3 is 9.80 Å². The highest BCUT2D eigenvalue weighted by Gasteiger charge is 2.19. The molecule has 0 unspecified atom stereocenters. The standard InChI is InChI=1S/C17H17FN2O/c18-16-3-1-2-4-17(16)20-11-9-19(10-12-20)15-7-5-14(13-21)6-8-15/h1-8,13H,9-12H2.